The van der Waals surface area contributed by atoms with Gasteiger partial charge < -0.3 is 30.5 Å². The lowest BCUT2D eigenvalue weighted by Gasteiger charge is -2.39. The van der Waals surface area contributed by atoms with Crippen LogP contribution >= 0.6 is 0 Å². The lowest BCUT2D eigenvalue weighted by molar-refractivity contribution is -0.253. The summed E-state index contributed by atoms with van der Waals surface area (Å²) in [5.74, 6) is 0. The zero-order chi connectivity index (χ0) is 10.7. The lowest BCUT2D eigenvalue weighted by Crippen LogP contribution is -2.63. The third kappa shape index (κ3) is 2.02. The molecule has 1 saturated heterocycles. The van der Waals surface area contributed by atoms with Gasteiger partial charge in [-0.05, 0) is 0 Å². The van der Waals surface area contributed by atoms with E-state index in [-0.39, 0.29) is 6.41 Å². The number of nitrogens with one attached hydrogen (secondary N) is 1. The fourth-order valence-corrected chi connectivity index (χ4v) is 1.36. The van der Waals surface area contributed by atoms with Crippen LogP contribution in [0, 0.1) is 0 Å². The van der Waals surface area contributed by atoms with Gasteiger partial charge in [0.25, 0.3) is 0 Å². The van der Waals surface area contributed by atoms with E-state index >= 15 is 0 Å². The summed E-state index contributed by atoms with van der Waals surface area (Å²) in [7, 11) is 0. The van der Waals surface area contributed by atoms with Gasteiger partial charge in [-0.25, -0.2) is 0 Å². The van der Waals surface area contributed by atoms with Crippen molar-refractivity contribution in [1.82, 2.24) is 5.32 Å². The first-order valence-electron chi connectivity index (χ1n) is 4.12. The Labute approximate surface area is 79.9 Å². The fraction of sp³-hybridized carbons (Fsp3) is 0.857. The number of hydrogen-bond donors (Lipinski definition) is 5. The molecule has 1 aliphatic rings. The van der Waals surface area contributed by atoms with Crippen LogP contribution in [0.3, 0.4) is 0 Å². The van der Waals surface area contributed by atoms with Crippen LogP contribution in [-0.2, 0) is 9.53 Å². The van der Waals surface area contributed by atoms with Crippen molar-refractivity contribution in [2.24, 2.45) is 0 Å². The van der Waals surface area contributed by atoms with Gasteiger partial charge >= 0.3 is 0 Å². The van der Waals surface area contributed by atoms with Gasteiger partial charge in [-0.3, -0.25) is 4.79 Å². The summed E-state index contributed by atoms with van der Waals surface area (Å²) < 4.78 is 4.76. The molecule has 5 atom stereocenters. The molecule has 1 aliphatic heterocycles. The summed E-state index contributed by atoms with van der Waals surface area (Å²) in [6.07, 6.45) is -4.94. The Morgan fingerprint density at radius 2 is 1.93 bits per heavy atom. The summed E-state index contributed by atoms with van der Waals surface area (Å²) in [5.41, 5.74) is 0. The van der Waals surface area contributed by atoms with Crippen LogP contribution in [0.25, 0.3) is 0 Å². The van der Waals surface area contributed by atoms with Gasteiger partial charge in [-0.15, -0.1) is 0 Å². The summed E-state index contributed by atoms with van der Waals surface area (Å²) in [4.78, 5) is 10.1. The van der Waals surface area contributed by atoms with Gasteiger partial charge in [0.05, 0.1) is 6.61 Å². The van der Waals surface area contributed by atoms with E-state index in [2.05, 4.69) is 5.32 Å². The van der Waals surface area contributed by atoms with E-state index in [1.807, 2.05) is 0 Å². The van der Waals surface area contributed by atoms with Crippen LogP contribution < -0.4 is 5.32 Å². The van der Waals surface area contributed by atoms with Crippen molar-refractivity contribution in [3.8, 4) is 0 Å². The normalized spacial score (nSPS) is 43.3. The fourth-order valence-electron chi connectivity index (χ4n) is 1.36. The molecule has 82 valence electrons. The van der Waals surface area contributed by atoms with E-state index in [0.29, 0.717) is 0 Å². The summed E-state index contributed by atoms with van der Waals surface area (Å²) >= 11 is 0. The molecule has 1 fully saturated rings. The first-order valence-corrected chi connectivity index (χ1v) is 4.12. The number of hydrogen-bond acceptors (Lipinski definition) is 6. The molecule has 1 heterocycles. The molecule has 0 radical (unpaired) electrons. The molecule has 7 nitrogen and oxygen atoms in total. The number of rotatable bonds is 3. The number of carbonyl (C=O) groups excluding carboxylic acids is 1. The Hall–Kier alpha value is -0.730. The van der Waals surface area contributed by atoms with Crippen molar-refractivity contribution in [1.29, 1.82) is 0 Å². The maximum Gasteiger partial charge on any atom is 0.207 e. The lowest BCUT2D eigenvalue weighted by atomic mass is 9.97. The quantitative estimate of drug-likeness (QED) is 0.307. The number of ether oxygens (including phenoxy) is 1. The maximum atomic E-state index is 10.1. The van der Waals surface area contributed by atoms with Gasteiger partial charge in [0.15, 0.2) is 6.29 Å². The van der Waals surface area contributed by atoms with Gasteiger partial charge in [-0.2, -0.15) is 0 Å². The Bertz CT molecular complexity index is 201. The van der Waals surface area contributed by atoms with Gasteiger partial charge in [0.2, 0.25) is 6.41 Å². The number of carbonyl (C=O) groups is 1. The third-order valence-corrected chi connectivity index (χ3v) is 2.16. The molecule has 5 N–H and O–H groups in total. The molecule has 0 bridgehead atoms. The highest BCUT2D eigenvalue weighted by Crippen LogP contribution is 2.19. The highest BCUT2D eigenvalue weighted by molar-refractivity contribution is 5.47. The molecule has 1 amide bonds. The topological polar surface area (TPSA) is 119 Å². The van der Waals surface area contributed by atoms with E-state index in [1.165, 1.54) is 0 Å². The van der Waals surface area contributed by atoms with E-state index < -0.39 is 37.3 Å². The number of amides is 1. The molecule has 0 saturated carbocycles. The Kier molecular flexibility index (Phi) is 3.78. The predicted octanol–water partition coefficient (Wildman–Crippen LogP) is -3.47. The number of aliphatic hydroxyl groups excluding tert-OH is 4. The second-order valence-electron chi connectivity index (χ2n) is 3.04. The minimum Gasteiger partial charge on any atom is -0.394 e. The zero-order valence-corrected chi connectivity index (χ0v) is 7.28. The smallest absolute Gasteiger partial charge is 0.207 e. The Morgan fingerprint density at radius 1 is 1.29 bits per heavy atom. The Morgan fingerprint density at radius 3 is 2.43 bits per heavy atom. The van der Waals surface area contributed by atoms with Crippen LogP contribution in [-0.4, -0.2) is 64.1 Å². The summed E-state index contributed by atoms with van der Waals surface area (Å²) in [6, 6.07) is -1.09. The maximum absolute atomic E-state index is 10.1. The molecule has 0 spiro atoms. The second kappa shape index (κ2) is 4.67. The molecular weight excluding hydrogens is 194 g/mol. The molecular formula is C7H13NO6. The average molecular weight is 207 g/mol. The molecule has 0 aromatic rings. The Balaban J connectivity index is 2.68. The summed E-state index contributed by atoms with van der Waals surface area (Å²) in [5, 5.41) is 38.9. The molecule has 0 aromatic heterocycles. The standard InChI is InChI=1S/C7H13NO6/c9-1-3-5(11)6(12)4(8-2-10)7(13)14-3/h2-7,9,11-13H,1H2,(H,8,10)/t3-,4+,5-,6-,7-/m1/s1. The monoisotopic (exact) mass is 207 g/mol. The average Bonchev–Trinajstić information content (AvgIpc) is 2.18. The van der Waals surface area contributed by atoms with Crippen LogP contribution in [0.2, 0.25) is 0 Å². The van der Waals surface area contributed by atoms with Gasteiger partial charge in [-0.1, -0.05) is 0 Å². The molecule has 0 aliphatic carbocycles. The molecule has 1 rings (SSSR count). The van der Waals surface area contributed by atoms with Crippen molar-refractivity contribution in [3.05, 3.63) is 0 Å². The van der Waals surface area contributed by atoms with Crippen LogP contribution in [0.15, 0.2) is 0 Å². The van der Waals surface area contributed by atoms with Crippen LogP contribution in [0.1, 0.15) is 0 Å². The SMILES string of the molecule is O=CN[C@H]1[C@@H](O)[C@H](O)[C@@H](CO)O[C@H]1O. The first kappa shape index (κ1) is 11.3. The van der Waals surface area contributed by atoms with E-state index in [9.17, 15) is 20.1 Å². The third-order valence-electron chi connectivity index (χ3n) is 2.16. The van der Waals surface area contributed by atoms with Crippen molar-refractivity contribution in [2.75, 3.05) is 6.61 Å². The number of aliphatic hydroxyl groups is 4. The highest BCUT2D eigenvalue weighted by atomic mass is 16.6. The first-order chi connectivity index (χ1) is 6.61. The van der Waals surface area contributed by atoms with E-state index in [4.69, 9.17) is 9.84 Å². The minimum atomic E-state index is -1.45. The molecule has 0 unspecified atom stereocenters. The van der Waals surface area contributed by atoms with E-state index in [0.717, 1.165) is 0 Å². The molecule has 0 aromatic carbocycles. The van der Waals surface area contributed by atoms with E-state index in [1.54, 1.807) is 0 Å². The van der Waals surface area contributed by atoms with Crippen molar-refractivity contribution >= 4 is 6.41 Å². The second-order valence-corrected chi connectivity index (χ2v) is 3.04. The van der Waals surface area contributed by atoms with Gasteiger partial charge in [0, 0.05) is 0 Å². The van der Waals surface area contributed by atoms with Crippen LogP contribution in [0.5, 0.6) is 0 Å². The molecule has 14 heavy (non-hydrogen) atoms. The van der Waals surface area contributed by atoms with Crippen molar-refractivity contribution < 1.29 is 30.0 Å². The van der Waals surface area contributed by atoms with Crippen molar-refractivity contribution in [3.63, 3.8) is 0 Å². The largest absolute Gasteiger partial charge is 0.394 e. The van der Waals surface area contributed by atoms with Gasteiger partial charge in [0.1, 0.15) is 24.4 Å². The minimum absolute atomic E-state index is 0.284. The van der Waals surface area contributed by atoms with Crippen LogP contribution in [0.4, 0.5) is 0 Å². The molecule has 7 heteroatoms. The predicted molar refractivity (Wildman–Crippen MR) is 43.0 cm³/mol. The van der Waals surface area contributed by atoms with Crippen molar-refractivity contribution in [2.45, 2.75) is 30.6 Å². The summed E-state index contributed by atoms with van der Waals surface area (Å²) in [6.45, 7) is -0.525. The zero-order valence-electron chi connectivity index (χ0n) is 7.28. The highest BCUT2D eigenvalue weighted by Gasteiger charge is 2.43.